The van der Waals surface area contributed by atoms with Gasteiger partial charge in [-0.3, -0.25) is 9.59 Å². The number of carbonyl (C=O) groups is 3. The summed E-state index contributed by atoms with van der Waals surface area (Å²) in [6.07, 6.45) is 2.24. The lowest BCUT2D eigenvalue weighted by molar-refractivity contribution is -0.124. The van der Waals surface area contributed by atoms with Crippen LogP contribution in [0.15, 0.2) is 47.4 Å². The zero-order chi connectivity index (χ0) is 21.4. The number of amides is 2. The predicted molar refractivity (Wildman–Crippen MR) is 116 cm³/mol. The SMILES string of the molecule is CC[C@H](C)NC(=O)COC(=O)c1c(-c2ccccc2)csc1NC(=O)C=C(C)C. The summed E-state index contributed by atoms with van der Waals surface area (Å²) in [7, 11) is 0. The van der Waals surface area contributed by atoms with Crippen molar-refractivity contribution in [1.82, 2.24) is 5.32 Å². The number of thiophene rings is 1. The molecule has 0 bridgehead atoms. The number of nitrogens with one attached hydrogen (secondary N) is 2. The number of rotatable bonds is 8. The Hall–Kier alpha value is -2.93. The molecule has 2 rings (SSSR count). The number of hydrogen-bond acceptors (Lipinski definition) is 5. The molecule has 0 unspecified atom stereocenters. The Kier molecular flexibility index (Phi) is 8.15. The molecule has 6 nitrogen and oxygen atoms in total. The number of anilines is 1. The molecule has 7 heteroatoms. The first kappa shape index (κ1) is 22.4. The van der Waals surface area contributed by atoms with E-state index in [2.05, 4.69) is 10.6 Å². The molecule has 0 aliphatic rings. The van der Waals surface area contributed by atoms with Gasteiger partial charge in [-0.25, -0.2) is 4.79 Å². The Morgan fingerprint density at radius 2 is 1.86 bits per heavy atom. The second-order valence-corrected chi connectivity index (χ2v) is 7.76. The van der Waals surface area contributed by atoms with Crippen molar-refractivity contribution in [3.63, 3.8) is 0 Å². The second-order valence-electron chi connectivity index (χ2n) is 6.88. The first-order valence-electron chi connectivity index (χ1n) is 9.41. The molecule has 0 aliphatic heterocycles. The van der Waals surface area contributed by atoms with Gasteiger partial charge in [0.05, 0.1) is 0 Å². The van der Waals surface area contributed by atoms with Crippen LogP contribution in [0.2, 0.25) is 0 Å². The minimum atomic E-state index is -0.656. The van der Waals surface area contributed by atoms with Crippen molar-refractivity contribution in [3.05, 3.63) is 52.9 Å². The van der Waals surface area contributed by atoms with Crippen LogP contribution >= 0.6 is 11.3 Å². The maximum atomic E-state index is 12.8. The Balaban J connectivity index is 2.27. The zero-order valence-electron chi connectivity index (χ0n) is 17.1. The average molecular weight is 415 g/mol. The van der Waals surface area contributed by atoms with Crippen LogP contribution in [-0.4, -0.2) is 30.4 Å². The van der Waals surface area contributed by atoms with Crippen molar-refractivity contribution >= 4 is 34.1 Å². The van der Waals surface area contributed by atoms with Crippen molar-refractivity contribution in [2.75, 3.05) is 11.9 Å². The lowest BCUT2D eigenvalue weighted by Crippen LogP contribution is -2.35. The molecule has 2 aromatic rings. The first-order valence-corrected chi connectivity index (χ1v) is 10.3. The van der Waals surface area contributed by atoms with Crippen LogP contribution in [0.5, 0.6) is 0 Å². The lowest BCUT2D eigenvalue weighted by atomic mass is 10.0. The molecule has 1 atom stereocenters. The van der Waals surface area contributed by atoms with Crippen molar-refractivity contribution in [1.29, 1.82) is 0 Å². The van der Waals surface area contributed by atoms with Crippen LogP contribution in [0.4, 0.5) is 5.00 Å². The number of allylic oxidation sites excluding steroid dienone is 1. The molecule has 1 aromatic heterocycles. The third kappa shape index (κ3) is 6.57. The maximum Gasteiger partial charge on any atom is 0.342 e. The van der Waals surface area contributed by atoms with E-state index in [1.165, 1.54) is 17.4 Å². The topological polar surface area (TPSA) is 84.5 Å². The van der Waals surface area contributed by atoms with Crippen LogP contribution in [-0.2, 0) is 14.3 Å². The average Bonchev–Trinajstić information content (AvgIpc) is 3.09. The molecule has 154 valence electrons. The fraction of sp³-hybridized carbons (Fsp3) is 0.318. The van der Waals surface area contributed by atoms with Crippen molar-refractivity contribution < 1.29 is 19.1 Å². The minimum absolute atomic E-state index is 0.00106. The summed E-state index contributed by atoms with van der Waals surface area (Å²) in [5.41, 5.74) is 2.55. The highest BCUT2D eigenvalue weighted by molar-refractivity contribution is 7.15. The van der Waals surface area contributed by atoms with Gasteiger partial charge < -0.3 is 15.4 Å². The van der Waals surface area contributed by atoms with Gasteiger partial charge in [-0.2, -0.15) is 0 Å². The summed E-state index contributed by atoms with van der Waals surface area (Å²) in [6, 6.07) is 9.35. The van der Waals surface area contributed by atoms with Crippen molar-refractivity contribution in [3.8, 4) is 11.1 Å². The fourth-order valence-corrected chi connectivity index (χ4v) is 3.48. The van der Waals surface area contributed by atoms with Gasteiger partial charge in [-0.05, 0) is 32.8 Å². The van der Waals surface area contributed by atoms with Crippen molar-refractivity contribution in [2.45, 2.75) is 40.2 Å². The number of ether oxygens (including phenoxy) is 1. The van der Waals surface area contributed by atoms with E-state index in [4.69, 9.17) is 4.74 Å². The Labute approximate surface area is 175 Å². The van der Waals surface area contributed by atoms with Gasteiger partial charge in [0.1, 0.15) is 10.6 Å². The molecule has 1 aromatic carbocycles. The molecule has 0 saturated heterocycles. The Bertz CT molecular complexity index is 899. The minimum Gasteiger partial charge on any atom is -0.452 e. The highest BCUT2D eigenvalue weighted by Gasteiger charge is 2.23. The number of esters is 1. The normalized spacial score (nSPS) is 11.3. The van der Waals surface area contributed by atoms with E-state index in [1.54, 1.807) is 5.38 Å². The van der Waals surface area contributed by atoms with Gasteiger partial charge in [0.2, 0.25) is 5.91 Å². The monoisotopic (exact) mass is 414 g/mol. The van der Waals surface area contributed by atoms with E-state index in [0.717, 1.165) is 17.6 Å². The van der Waals surface area contributed by atoms with Gasteiger partial charge in [0.25, 0.3) is 5.91 Å². The summed E-state index contributed by atoms with van der Waals surface area (Å²) in [4.78, 5) is 37.0. The predicted octanol–water partition coefficient (Wildman–Crippen LogP) is 4.39. The van der Waals surface area contributed by atoms with Gasteiger partial charge in [0.15, 0.2) is 6.61 Å². The van der Waals surface area contributed by atoms with E-state index in [-0.39, 0.29) is 30.0 Å². The van der Waals surface area contributed by atoms with Crippen LogP contribution in [0.3, 0.4) is 0 Å². The molecule has 29 heavy (non-hydrogen) atoms. The van der Waals surface area contributed by atoms with Gasteiger partial charge in [0, 0.05) is 23.1 Å². The summed E-state index contributed by atoms with van der Waals surface area (Å²) >= 11 is 1.24. The number of benzene rings is 1. The Morgan fingerprint density at radius 3 is 2.48 bits per heavy atom. The Morgan fingerprint density at radius 1 is 1.17 bits per heavy atom. The van der Waals surface area contributed by atoms with Crippen LogP contribution in [0.25, 0.3) is 11.1 Å². The lowest BCUT2D eigenvalue weighted by Gasteiger charge is -2.12. The molecule has 0 aliphatic carbocycles. The summed E-state index contributed by atoms with van der Waals surface area (Å²) < 4.78 is 5.25. The number of hydrogen-bond donors (Lipinski definition) is 2. The molecule has 0 spiro atoms. The third-order valence-corrected chi connectivity index (χ3v) is 4.99. The quantitative estimate of drug-likeness (QED) is 0.496. The first-order chi connectivity index (χ1) is 13.8. The number of carbonyl (C=O) groups excluding carboxylic acids is 3. The highest BCUT2D eigenvalue weighted by atomic mass is 32.1. The molecule has 0 saturated carbocycles. The zero-order valence-corrected chi connectivity index (χ0v) is 17.9. The van der Waals surface area contributed by atoms with Crippen LogP contribution in [0.1, 0.15) is 44.5 Å². The van der Waals surface area contributed by atoms with E-state index in [0.29, 0.717) is 10.6 Å². The van der Waals surface area contributed by atoms with Gasteiger partial charge >= 0.3 is 5.97 Å². The van der Waals surface area contributed by atoms with Crippen molar-refractivity contribution in [2.24, 2.45) is 0 Å². The summed E-state index contributed by atoms with van der Waals surface area (Å²) in [6.45, 7) is 7.08. The maximum absolute atomic E-state index is 12.8. The second kappa shape index (κ2) is 10.6. The molecule has 2 amide bonds. The third-order valence-electron chi connectivity index (χ3n) is 4.09. The molecular weight excluding hydrogens is 388 g/mol. The van der Waals surface area contributed by atoms with E-state index >= 15 is 0 Å². The van der Waals surface area contributed by atoms with Gasteiger partial charge in [-0.1, -0.05) is 42.8 Å². The molecule has 2 N–H and O–H groups in total. The highest BCUT2D eigenvalue weighted by Crippen LogP contribution is 2.36. The summed E-state index contributed by atoms with van der Waals surface area (Å²) in [5.74, 6) is -1.34. The molecule has 1 heterocycles. The van der Waals surface area contributed by atoms with E-state index < -0.39 is 5.97 Å². The largest absolute Gasteiger partial charge is 0.452 e. The molecule has 0 fully saturated rings. The van der Waals surface area contributed by atoms with E-state index in [9.17, 15) is 14.4 Å². The standard InChI is InChI=1S/C22H26N2O4S/c1-5-15(4)23-19(26)12-28-22(27)20-17(16-9-7-6-8-10-16)13-29-21(20)24-18(25)11-14(2)3/h6-11,13,15H,5,12H2,1-4H3,(H,23,26)(H,24,25)/t15-/m0/s1. The van der Waals surface area contributed by atoms with Crippen LogP contribution in [0, 0.1) is 0 Å². The fourth-order valence-electron chi connectivity index (χ4n) is 2.51. The van der Waals surface area contributed by atoms with Gasteiger partial charge in [-0.15, -0.1) is 11.3 Å². The van der Waals surface area contributed by atoms with Crippen LogP contribution < -0.4 is 10.6 Å². The molecular formula is C22H26N2O4S. The smallest absolute Gasteiger partial charge is 0.342 e. The molecule has 0 radical (unpaired) electrons. The van der Waals surface area contributed by atoms with E-state index in [1.807, 2.05) is 58.0 Å². The summed E-state index contributed by atoms with van der Waals surface area (Å²) in [5, 5.41) is 7.68.